The molecular weight excluding hydrogens is 131 g/mol. The Labute approximate surface area is 60.6 Å². The standard InChI is InChI=1S/C8H13FO/c9-7-5-3-1-2-4-6-8(7)10/h1-2,7-8,10H,3-6H2/b2-1-/t7-,8-/m1/s1. The molecule has 0 saturated heterocycles. The van der Waals surface area contributed by atoms with Gasteiger partial charge in [-0.3, -0.25) is 0 Å². The Morgan fingerprint density at radius 1 is 1.20 bits per heavy atom. The van der Waals surface area contributed by atoms with Crippen molar-refractivity contribution in [3.8, 4) is 0 Å². The number of hydrogen-bond acceptors (Lipinski definition) is 1. The van der Waals surface area contributed by atoms with E-state index in [0.717, 1.165) is 12.8 Å². The van der Waals surface area contributed by atoms with Gasteiger partial charge in [-0.15, -0.1) is 0 Å². The van der Waals surface area contributed by atoms with E-state index in [4.69, 9.17) is 5.11 Å². The van der Waals surface area contributed by atoms with E-state index in [9.17, 15) is 4.39 Å². The highest BCUT2D eigenvalue weighted by Crippen LogP contribution is 2.15. The van der Waals surface area contributed by atoms with Crippen LogP contribution in [0.4, 0.5) is 4.39 Å². The summed E-state index contributed by atoms with van der Waals surface area (Å²) >= 11 is 0. The van der Waals surface area contributed by atoms with Crippen LogP contribution < -0.4 is 0 Å². The summed E-state index contributed by atoms with van der Waals surface area (Å²) in [6, 6.07) is 0. The molecular formula is C8H13FO. The van der Waals surface area contributed by atoms with Gasteiger partial charge in [-0.1, -0.05) is 12.2 Å². The molecule has 0 fully saturated rings. The van der Waals surface area contributed by atoms with Gasteiger partial charge in [-0.2, -0.15) is 0 Å². The van der Waals surface area contributed by atoms with Crippen LogP contribution in [0.2, 0.25) is 0 Å². The monoisotopic (exact) mass is 144 g/mol. The summed E-state index contributed by atoms with van der Waals surface area (Å²) in [6.07, 6.45) is 4.86. The molecule has 0 unspecified atom stereocenters. The zero-order valence-corrected chi connectivity index (χ0v) is 5.96. The van der Waals surface area contributed by atoms with Gasteiger partial charge in [0.2, 0.25) is 0 Å². The molecule has 0 aliphatic heterocycles. The van der Waals surface area contributed by atoms with Crippen molar-refractivity contribution in [1.82, 2.24) is 0 Å². The van der Waals surface area contributed by atoms with Gasteiger partial charge in [-0.25, -0.2) is 4.39 Å². The van der Waals surface area contributed by atoms with Crippen molar-refractivity contribution in [2.45, 2.75) is 38.0 Å². The summed E-state index contributed by atoms with van der Waals surface area (Å²) in [5.41, 5.74) is 0. The number of aliphatic hydroxyl groups excluding tert-OH is 1. The highest BCUT2D eigenvalue weighted by molar-refractivity contribution is 4.87. The molecule has 0 amide bonds. The third-order valence-corrected chi connectivity index (χ3v) is 1.82. The number of alkyl halides is 1. The van der Waals surface area contributed by atoms with E-state index in [1.165, 1.54) is 0 Å². The Bertz CT molecular complexity index is 108. The van der Waals surface area contributed by atoms with Gasteiger partial charge in [0.25, 0.3) is 0 Å². The van der Waals surface area contributed by atoms with Gasteiger partial charge in [0.15, 0.2) is 0 Å². The quantitative estimate of drug-likeness (QED) is 0.514. The van der Waals surface area contributed by atoms with Gasteiger partial charge in [0.05, 0.1) is 6.10 Å². The van der Waals surface area contributed by atoms with E-state index >= 15 is 0 Å². The number of allylic oxidation sites excluding steroid dienone is 2. The molecule has 1 aliphatic rings. The molecule has 1 nitrogen and oxygen atoms in total. The zero-order chi connectivity index (χ0) is 7.40. The van der Waals surface area contributed by atoms with Crippen LogP contribution in [0.25, 0.3) is 0 Å². The van der Waals surface area contributed by atoms with Crippen LogP contribution in [0.1, 0.15) is 25.7 Å². The van der Waals surface area contributed by atoms with E-state index < -0.39 is 12.3 Å². The van der Waals surface area contributed by atoms with Crippen molar-refractivity contribution in [3.05, 3.63) is 12.2 Å². The first-order chi connectivity index (χ1) is 4.80. The Kier molecular flexibility index (Phi) is 2.87. The van der Waals surface area contributed by atoms with Gasteiger partial charge >= 0.3 is 0 Å². The van der Waals surface area contributed by atoms with Gasteiger partial charge < -0.3 is 5.11 Å². The largest absolute Gasteiger partial charge is 0.390 e. The lowest BCUT2D eigenvalue weighted by molar-refractivity contribution is 0.0659. The first-order valence-electron chi connectivity index (χ1n) is 3.78. The van der Waals surface area contributed by atoms with Crippen LogP contribution >= 0.6 is 0 Å². The molecule has 58 valence electrons. The Balaban J connectivity index is 2.40. The van der Waals surface area contributed by atoms with Gasteiger partial charge in [-0.05, 0) is 25.7 Å². The second-order valence-electron chi connectivity index (χ2n) is 2.71. The Hall–Kier alpha value is -0.370. The van der Waals surface area contributed by atoms with E-state index in [1.807, 2.05) is 12.2 Å². The lowest BCUT2D eigenvalue weighted by Gasteiger charge is -2.15. The third kappa shape index (κ3) is 2.10. The first-order valence-corrected chi connectivity index (χ1v) is 3.78. The fourth-order valence-corrected chi connectivity index (χ4v) is 1.13. The van der Waals surface area contributed by atoms with E-state index in [2.05, 4.69) is 0 Å². The molecule has 0 bridgehead atoms. The van der Waals surface area contributed by atoms with Crippen LogP contribution in [0, 0.1) is 0 Å². The summed E-state index contributed by atoms with van der Waals surface area (Å²) < 4.78 is 12.7. The molecule has 1 aliphatic carbocycles. The maximum Gasteiger partial charge on any atom is 0.126 e. The minimum absolute atomic E-state index is 0.470. The van der Waals surface area contributed by atoms with Crippen molar-refractivity contribution >= 4 is 0 Å². The molecule has 0 aromatic heterocycles. The molecule has 0 aromatic carbocycles. The first kappa shape index (κ1) is 7.73. The lowest BCUT2D eigenvalue weighted by Crippen LogP contribution is -2.21. The fourth-order valence-electron chi connectivity index (χ4n) is 1.13. The SMILES string of the molecule is O[C@@H]1CC/C=C\CC[C@H]1F. The number of aliphatic hydroxyl groups is 1. The van der Waals surface area contributed by atoms with Gasteiger partial charge in [0, 0.05) is 0 Å². The molecule has 2 heteroatoms. The normalized spacial score (nSPS) is 38.2. The van der Waals surface area contributed by atoms with Crippen LogP contribution in [0.15, 0.2) is 12.2 Å². The van der Waals surface area contributed by atoms with Crippen LogP contribution in [-0.4, -0.2) is 17.4 Å². The predicted molar refractivity (Wildman–Crippen MR) is 38.5 cm³/mol. The minimum Gasteiger partial charge on any atom is -0.390 e. The second kappa shape index (κ2) is 3.71. The van der Waals surface area contributed by atoms with Crippen molar-refractivity contribution in [2.24, 2.45) is 0 Å². The molecule has 0 spiro atoms. The smallest absolute Gasteiger partial charge is 0.126 e. The number of halogens is 1. The van der Waals surface area contributed by atoms with Gasteiger partial charge in [0.1, 0.15) is 6.17 Å². The highest BCUT2D eigenvalue weighted by Gasteiger charge is 2.17. The molecule has 0 radical (unpaired) electrons. The van der Waals surface area contributed by atoms with E-state index in [0.29, 0.717) is 12.8 Å². The molecule has 0 saturated carbocycles. The van der Waals surface area contributed by atoms with E-state index in [1.54, 1.807) is 0 Å². The summed E-state index contributed by atoms with van der Waals surface area (Å²) in [7, 11) is 0. The third-order valence-electron chi connectivity index (χ3n) is 1.82. The number of rotatable bonds is 0. The van der Waals surface area contributed by atoms with Crippen LogP contribution in [-0.2, 0) is 0 Å². The average molecular weight is 144 g/mol. The van der Waals surface area contributed by atoms with Crippen molar-refractivity contribution in [2.75, 3.05) is 0 Å². The summed E-state index contributed by atoms with van der Waals surface area (Å²) in [6.45, 7) is 0. The second-order valence-corrected chi connectivity index (χ2v) is 2.71. The zero-order valence-electron chi connectivity index (χ0n) is 5.96. The summed E-state index contributed by atoms with van der Waals surface area (Å²) in [5, 5.41) is 9.07. The molecule has 1 rings (SSSR count). The molecule has 1 N–H and O–H groups in total. The topological polar surface area (TPSA) is 20.2 Å². The Morgan fingerprint density at radius 3 is 2.50 bits per heavy atom. The minimum atomic E-state index is -1.01. The summed E-state index contributed by atoms with van der Waals surface area (Å²) in [5.74, 6) is 0. The highest BCUT2D eigenvalue weighted by atomic mass is 19.1. The lowest BCUT2D eigenvalue weighted by atomic mass is 10.0. The van der Waals surface area contributed by atoms with Crippen molar-refractivity contribution in [1.29, 1.82) is 0 Å². The maximum atomic E-state index is 12.7. The molecule has 10 heavy (non-hydrogen) atoms. The number of hydrogen-bond donors (Lipinski definition) is 1. The molecule has 0 aromatic rings. The van der Waals surface area contributed by atoms with E-state index in [-0.39, 0.29) is 0 Å². The fraction of sp³-hybridized carbons (Fsp3) is 0.750. The Morgan fingerprint density at radius 2 is 1.80 bits per heavy atom. The van der Waals surface area contributed by atoms with Crippen molar-refractivity contribution < 1.29 is 9.50 Å². The predicted octanol–water partition coefficient (Wildman–Crippen LogP) is 1.82. The maximum absolute atomic E-state index is 12.7. The molecule has 2 atom stereocenters. The van der Waals surface area contributed by atoms with Crippen LogP contribution in [0.3, 0.4) is 0 Å². The summed E-state index contributed by atoms with van der Waals surface area (Å²) in [4.78, 5) is 0. The average Bonchev–Trinajstić information content (AvgIpc) is 1.92. The van der Waals surface area contributed by atoms with Crippen molar-refractivity contribution in [3.63, 3.8) is 0 Å². The molecule has 0 heterocycles. The van der Waals surface area contributed by atoms with Crippen LogP contribution in [0.5, 0.6) is 0 Å².